The molecule has 1 aromatic heterocycles. The number of rotatable bonds is 4. The molecule has 2 fully saturated rings. The zero-order valence-electron chi connectivity index (χ0n) is 12.6. The van der Waals surface area contributed by atoms with Gasteiger partial charge >= 0.3 is 0 Å². The van der Waals surface area contributed by atoms with Crippen molar-refractivity contribution in [3.05, 3.63) is 6.33 Å². The van der Waals surface area contributed by atoms with Crippen molar-refractivity contribution in [3.8, 4) is 0 Å². The van der Waals surface area contributed by atoms with Gasteiger partial charge in [-0.2, -0.15) is 0 Å². The van der Waals surface area contributed by atoms with Gasteiger partial charge in [0.25, 0.3) is 0 Å². The van der Waals surface area contributed by atoms with Crippen LogP contribution in [0.2, 0.25) is 0 Å². The van der Waals surface area contributed by atoms with E-state index in [4.69, 9.17) is 0 Å². The van der Waals surface area contributed by atoms with Crippen molar-refractivity contribution in [1.82, 2.24) is 34.9 Å². The number of nitrogens with zero attached hydrogens (tertiary/aromatic N) is 7. The minimum absolute atomic E-state index is 0.260. The van der Waals surface area contributed by atoms with E-state index in [1.54, 1.807) is 11.0 Å². The second-order valence-corrected chi connectivity index (χ2v) is 5.97. The van der Waals surface area contributed by atoms with Crippen molar-refractivity contribution in [2.45, 2.75) is 25.4 Å². The Morgan fingerprint density at radius 1 is 1.24 bits per heavy atom. The molecule has 8 heteroatoms. The Labute approximate surface area is 124 Å². The number of carbonyl (C=O) groups is 1. The molecule has 1 unspecified atom stereocenters. The molecule has 1 amide bonds. The molecule has 0 bridgehead atoms. The molecule has 1 aromatic rings. The van der Waals surface area contributed by atoms with E-state index in [1.165, 1.54) is 0 Å². The van der Waals surface area contributed by atoms with Crippen LogP contribution in [0.3, 0.4) is 0 Å². The summed E-state index contributed by atoms with van der Waals surface area (Å²) in [5.41, 5.74) is 0. The number of aryl methyl sites for hydroxylation is 1. The van der Waals surface area contributed by atoms with Gasteiger partial charge in [-0.05, 0) is 23.9 Å². The van der Waals surface area contributed by atoms with E-state index in [1.807, 2.05) is 4.90 Å². The first-order valence-electron chi connectivity index (χ1n) is 7.63. The Hall–Kier alpha value is -1.54. The van der Waals surface area contributed by atoms with Gasteiger partial charge in [0.05, 0.1) is 0 Å². The van der Waals surface area contributed by atoms with Crippen LogP contribution in [0.5, 0.6) is 0 Å². The van der Waals surface area contributed by atoms with E-state index in [-0.39, 0.29) is 5.91 Å². The summed E-state index contributed by atoms with van der Waals surface area (Å²) in [7, 11) is 2.16. The van der Waals surface area contributed by atoms with Crippen molar-refractivity contribution in [2.75, 3.05) is 46.3 Å². The molecule has 3 rings (SSSR count). The Balaban J connectivity index is 1.44. The highest BCUT2D eigenvalue weighted by atomic mass is 16.2. The van der Waals surface area contributed by atoms with Crippen molar-refractivity contribution in [1.29, 1.82) is 0 Å². The number of hydrogen-bond acceptors (Lipinski definition) is 6. The van der Waals surface area contributed by atoms with Crippen LogP contribution in [0, 0.1) is 0 Å². The van der Waals surface area contributed by atoms with Gasteiger partial charge in [-0.25, -0.2) is 4.68 Å². The SMILES string of the molecule is CN1CCN2CCN(C(=O)CCCn3cnnn3)CC2C1. The van der Waals surface area contributed by atoms with Crippen LogP contribution in [-0.2, 0) is 11.3 Å². The largest absolute Gasteiger partial charge is 0.340 e. The van der Waals surface area contributed by atoms with Gasteiger partial charge in [0, 0.05) is 58.3 Å². The molecule has 8 nitrogen and oxygen atoms in total. The number of amides is 1. The number of piperazine rings is 2. The van der Waals surface area contributed by atoms with Gasteiger partial charge < -0.3 is 9.80 Å². The summed E-state index contributed by atoms with van der Waals surface area (Å²) < 4.78 is 1.67. The standard InChI is InChI=1S/C13H23N7O/c1-17-5-6-18-7-8-19(10-12(18)9-17)13(21)3-2-4-20-11-14-15-16-20/h11-12H,2-10H2,1H3. The molecular weight excluding hydrogens is 270 g/mol. The highest BCUT2D eigenvalue weighted by Crippen LogP contribution is 2.15. The highest BCUT2D eigenvalue weighted by molar-refractivity contribution is 5.76. The summed E-state index contributed by atoms with van der Waals surface area (Å²) in [4.78, 5) is 19.2. The molecule has 2 aliphatic heterocycles. The van der Waals surface area contributed by atoms with Gasteiger partial charge in [-0.15, -0.1) is 5.10 Å². The minimum atomic E-state index is 0.260. The highest BCUT2D eigenvalue weighted by Gasteiger charge is 2.32. The molecule has 0 N–H and O–H groups in total. The third kappa shape index (κ3) is 3.56. The summed E-state index contributed by atoms with van der Waals surface area (Å²) in [6, 6.07) is 0.501. The number of tetrazole rings is 1. The van der Waals surface area contributed by atoms with Crippen LogP contribution in [0.1, 0.15) is 12.8 Å². The lowest BCUT2D eigenvalue weighted by Gasteiger charge is -2.46. The van der Waals surface area contributed by atoms with Crippen molar-refractivity contribution < 1.29 is 4.79 Å². The molecule has 2 saturated heterocycles. The molecule has 1 atom stereocenters. The van der Waals surface area contributed by atoms with E-state index in [0.717, 1.165) is 45.7 Å². The van der Waals surface area contributed by atoms with Gasteiger partial charge in [-0.3, -0.25) is 9.69 Å². The van der Waals surface area contributed by atoms with Crippen LogP contribution < -0.4 is 0 Å². The van der Waals surface area contributed by atoms with Crippen molar-refractivity contribution in [2.24, 2.45) is 0 Å². The van der Waals surface area contributed by atoms with Gasteiger partial charge in [0.15, 0.2) is 0 Å². The maximum absolute atomic E-state index is 12.3. The molecular formula is C13H23N7O. The maximum Gasteiger partial charge on any atom is 0.222 e. The number of aromatic nitrogens is 4. The summed E-state index contributed by atoms with van der Waals surface area (Å²) in [5, 5.41) is 11.0. The maximum atomic E-state index is 12.3. The predicted molar refractivity (Wildman–Crippen MR) is 76.5 cm³/mol. The van der Waals surface area contributed by atoms with Crippen LogP contribution in [0.15, 0.2) is 6.33 Å². The zero-order valence-corrected chi connectivity index (χ0v) is 12.6. The molecule has 116 valence electrons. The summed E-state index contributed by atoms with van der Waals surface area (Å²) >= 11 is 0. The molecule has 0 spiro atoms. The van der Waals surface area contributed by atoms with Crippen LogP contribution in [0.4, 0.5) is 0 Å². The fourth-order valence-corrected chi connectivity index (χ4v) is 3.17. The van der Waals surface area contributed by atoms with Gasteiger partial charge in [0.2, 0.25) is 5.91 Å². The molecule has 0 radical (unpaired) electrons. The molecule has 0 aromatic carbocycles. The van der Waals surface area contributed by atoms with Crippen molar-refractivity contribution >= 4 is 5.91 Å². The first-order valence-corrected chi connectivity index (χ1v) is 7.63. The fourth-order valence-electron chi connectivity index (χ4n) is 3.17. The van der Waals surface area contributed by atoms with Crippen LogP contribution in [0.25, 0.3) is 0 Å². The Morgan fingerprint density at radius 3 is 2.90 bits per heavy atom. The first-order chi connectivity index (χ1) is 10.2. The summed E-state index contributed by atoms with van der Waals surface area (Å²) in [6.45, 7) is 6.77. The normalized spacial score (nSPS) is 24.0. The van der Waals surface area contributed by atoms with E-state index < -0.39 is 0 Å². The summed E-state index contributed by atoms with van der Waals surface area (Å²) in [5.74, 6) is 0.260. The first kappa shape index (κ1) is 14.4. The smallest absolute Gasteiger partial charge is 0.222 e. The number of fused-ring (bicyclic) bond motifs is 1. The predicted octanol–water partition coefficient (Wildman–Crippen LogP) is -1.09. The Kier molecular flexibility index (Phi) is 4.45. The average molecular weight is 293 g/mol. The zero-order chi connectivity index (χ0) is 14.7. The third-order valence-electron chi connectivity index (χ3n) is 4.42. The molecule has 21 heavy (non-hydrogen) atoms. The average Bonchev–Trinajstić information content (AvgIpc) is 2.99. The quantitative estimate of drug-likeness (QED) is 0.703. The third-order valence-corrected chi connectivity index (χ3v) is 4.42. The monoisotopic (exact) mass is 293 g/mol. The van der Waals surface area contributed by atoms with Crippen LogP contribution in [-0.4, -0.2) is 93.2 Å². The lowest BCUT2D eigenvalue weighted by atomic mass is 10.1. The molecule has 3 heterocycles. The summed E-state index contributed by atoms with van der Waals surface area (Å²) in [6.07, 6.45) is 2.94. The van der Waals surface area contributed by atoms with E-state index >= 15 is 0 Å². The number of hydrogen-bond donors (Lipinski definition) is 0. The second kappa shape index (κ2) is 6.48. The topological polar surface area (TPSA) is 70.4 Å². The van der Waals surface area contributed by atoms with Gasteiger partial charge in [-0.1, -0.05) is 0 Å². The van der Waals surface area contributed by atoms with Crippen molar-refractivity contribution in [3.63, 3.8) is 0 Å². The molecule has 0 saturated carbocycles. The molecule has 2 aliphatic rings. The van der Waals surface area contributed by atoms with E-state index in [2.05, 4.69) is 32.4 Å². The van der Waals surface area contributed by atoms with E-state index in [9.17, 15) is 4.79 Å². The Bertz CT molecular complexity index is 463. The second-order valence-electron chi connectivity index (χ2n) is 5.97. The molecule has 0 aliphatic carbocycles. The minimum Gasteiger partial charge on any atom is -0.340 e. The lowest BCUT2D eigenvalue weighted by molar-refractivity contribution is -0.135. The van der Waals surface area contributed by atoms with Crippen LogP contribution >= 0.6 is 0 Å². The number of carbonyl (C=O) groups excluding carboxylic acids is 1. The fraction of sp³-hybridized carbons (Fsp3) is 0.846. The van der Waals surface area contributed by atoms with Gasteiger partial charge in [0.1, 0.15) is 6.33 Å². The number of likely N-dealkylation sites (N-methyl/N-ethyl adjacent to an activating group) is 1. The Morgan fingerprint density at radius 2 is 2.10 bits per heavy atom. The lowest BCUT2D eigenvalue weighted by Crippen LogP contribution is -2.62. The van der Waals surface area contributed by atoms with E-state index in [0.29, 0.717) is 19.0 Å².